The summed E-state index contributed by atoms with van der Waals surface area (Å²) in [4.78, 5) is 11.2. The van der Waals surface area contributed by atoms with Crippen molar-refractivity contribution in [1.29, 1.82) is 0 Å². The van der Waals surface area contributed by atoms with E-state index in [1.54, 1.807) is 26.1 Å². The lowest BCUT2D eigenvalue weighted by Crippen LogP contribution is -2.40. The molecule has 1 atom stereocenters. The first-order valence-electron chi connectivity index (χ1n) is 5.24. The van der Waals surface area contributed by atoms with Gasteiger partial charge in [-0.2, -0.15) is 0 Å². The summed E-state index contributed by atoms with van der Waals surface area (Å²) in [5.74, 6) is -0.352. The predicted molar refractivity (Wildman–Crippen MR) is 61.5 cm³/mol. The molecule has 0 aliphatic heterocycles. The van der Waals surface area contributed by atoms with Crippen molar-refractivity contribution in [3.8, 4) is 0 Å². The summed E-state index contributed by atoms with van der Waals surface area (Å²) < 4.78 is 13.4. The number of hydrogen-bond acceptors (Lipinski definition) is 2. The summed E-state index contributed by atoms with van der Waals surface area (Å²) >= 11 is 0. The second-order valence-electron chi connectivity index (χ2n) is 3.81. The quantitative estimate of drug-likeness (QED) is 0.810. The molecule has 3 nitrogen and oxygen atoms in total. The molecule has 0 aliphatic rings. The van der Waals surface area contributed by atoms with E-state index < -0.39 is 0 Å². The highest BCUT2D eigenvalue weighted by Gasteiger charge is 2.10. The van der Waals surface area contributed by atoms with Crippen molar-refractivity contribution in [3.05, 3.63) is 35.1 Å². The molecule has 0 bridgehead atoms. The maximum Gasteiger partial charge on any atom is 0.236 e. The highest BCUT2D eigenvalue weighted by molar-refractivity contribution is 5.80. The second-order valence-corrected chi connectivity index (χ2v) is 3.81. The fourth-order valence-corrected chi connectivity index (χ4v) is 1.41. The lowest BCUT2D eigenvalue weighted by molar-refractivity contribution is -0.122. The van der Waals surface area contributed by atoms with Gasteiger partial charge in [0.1, 0.15) is 5.82 Å². The van der Waals surface area contributed by atoms with Gasteiger partial charge < -0.3 is 10.6 Å². The molecule has 1 rings (SSSR count). The summed E-state index contributed by atoms with van der Waals surface area (Å²) in [5, 5.41) is 5.50. The van der Waals surface area contributed by atoms with Crippen molar-refractivity contribution in [3.63, 3.8) is 0 Å². The van der Waals surface area contributed by atoms with Crippen LogP contribution in [0.5, 0.6) is 0 Å². The molecule has 0 fully saturated rings. The van der Waals surface area contributed by atoms with E-state index in [1.165, 1.54) is 6.07 Å². The largest absolute Gasteiger partial charge is 0.358 e. The molecular formula is C12H17FN2O. The highest BCUT2D eigenvalue weighted by Crippen LogP contribution is 2.09. The van der Waals surface area contributed by atoms with E-state index in [2.05, 4.69) is 10.6 Å². The van der Waals surface area contributed by atoms with Gasteiger partial charge in [-0.05, 0) is 19.9 Å². The van der Waals surface area contributed by atoms with Crippen molar-refractivity contribution < 1.29 is 9.18 Å². The Morgan fingerprint density at radius 2 is 2.19 bits per heavy atom. The van der Waals surface area contributed by atoms with Gasteiger partial charge in [-0.25, -0.2) is 4.39 Å². The molecule has 4 heteroatoms. The molecule has 88 valence electrons. The van der Waals surface area contributed by atoms with Gasteiger partial charge in [0.15, 0.2) is 0 Å². The van der Waals surface area contributed by atoms with Crippen LogP contribution in [0, 0.1) is 12.7 Å². The Morgan fingerprint density at radius 3 is 2.81 bits per heavy atom. The van der Waals surface area contributed by atoms with Crippen LogP contribution < -0.4 is 10.6 Å². The third-order valence-electron chi connectivity index (χ3n) is 2.44. The summed E-state index contributed by atoms with van der Waals surface area (Å²) in [6, 6.07) is 4.61. The Bertz CT molecular complexity index is 379. The Balaban J connectivity index is 2.60. The van der Waals surface area contributed by atoms with E-state index in [0.29, 0.717) is 12.1 Å². The van der Waals surface area contributed by atoms with Gasteiger partial charge in [-0.1, -0.05) is 17.7 Å². The van der Waals surface area contributed by atoms with Gasteiger partial charge in [-0.3, -0.25) is 4.79 Å². The number of benzene rings is 1. The lowest BCUT2D eigenvalue weighted by Gasteiger charge is -2.12. The lowest BCUT2D eigenvalue weighted by atomic mass is 10.1. The van der Waals surface area contributed by atoms with Gasteiger partial charge in [0.25, 0.3) is 0 Å². The average Bonchev–Trinajstić information content (AvgIpc) is 2.28. The summed E-state index contributed by atoms with van der Waals surface area (Å²) in [7, 11) is 1.58. The second kappa shape index (κ2) is 5.61. The monoisotopic (exact) mass is 224 g/mol. The number of carbonyl (C=O) groups excluding carboxylic acids is 1. The molecule has 0 spiro atoms. The molecule has 2 N–H and O–H groups in total. The summed E-state index contributed by atoms with van der Waals surface area (Å²) in [5.41, 5.74) is 1.58. The van der Waals surface area contributed by atoms with Crippen LogP contribution in [0.2, 0.25) is 0 Å². The van der Waals surface area contributed by atoms with Crippen LogP contribution >= 0.6 is 0 Å². The number of rotatable bonds is 4. The van der Waals surface area contributed by atoms with Crippen LogP contribution in [0.1, 0.15) is 18.1 Å². The van der Waals surface area contributed by atoms with Crippen molar-refractivity contribution in [2.75, 3.05) is 7.05 Å². The maximum absolute atomic E-state index is 13.4. The van der Waals surface area contributed by atoms with E-state index in [0.717, 1.165) is 5.56 Å². The number of likely N-dealkylation sites (N-methyl/N-ethyl adjacent to an activating group) is 1. The number of aryl methyl sites for hydroxylation is 1. The van der Waals surface area contributed by atoms with Gasteiger partial charge in [-0.15, -0.1) is 0 Å². The Hall–Kier alpha value is -1.42. The first kappa shape index (κ1) is 12.6. The number of nitrogens with one attached hydrogen (secondary N) is 2. The third kappa shape index (κ3) is 3.31. The van der Waals surface area contributed by atoms with E-state index >= 15 is 0 Å². The Labute approximate surface area is 95.0 Å². The molecule has 0 unspecified atom stereocenters. The zero-order valence-electron chi connectivity index (χ0n) is 9.80. The molecule has 0 saturated heterocycles. The Morgan fingerprint density at radius 1 is 1.50 bits per heavy atom. The van der Waals surface area contributed by atoms with E-state index in [9.17, 15) is 9.18 Å². The maximum atomic E-state index is 13.4. The number of hydrogen-bond donors (Lipinski definition) is 2. The fourth-order valence-electron chi connectivity index (χ4n) is 1.41. The molecule has 1 aromatic rings. The molecule has 0 heterocycles. The standard InChI is InChI=1S/C12H17FN2O/c1-8-4-5-11(13)10(6-8)7-15-9(2)12(16)14-3/h4-6,9,15H,7H2,1-3H3,(H,14,16)/t9-/m1/s1. The van der Waals surface area contributed by atoms with Crippen molar-refractivity contribution >= 4 is 5.91 Å². The first-order chi connectivity index (χ1) is 7.54. The van der Waals surface area contributed by atoms with Crippen LogP contribution in [0.3, 0.4) is 0 Å². The van der Waals surface area contributed by atoms with Crippen molar-refractivity contribution in [1.82, 2.24) is 10.6 Å². The van der Waals surface area contributed by atoms with Crippen LogP contribution in [0.4, 0.5) is 4.39 Å². The molecule has 16 heavy (non-hydrogen) atoms. The van der Waals surface area contributed by atoms with Crippen molar-refractivity contribution in [2.24, 2.45) is 0 Å². The van der Waals surface area contributed by atoms with E-state index in [-0.39, 0.29) is 17.8 Å². The van der Waals surface area contributed by atoms with Crippen LogP contribution in [-0.2, 0) is 11.3 Å². The number of amides is 1. The minimum absolute atomic E-state index is 0.104. The molecule has 0 radical (unpaired) electrons. The molecule has 0 saturated carbocycles. The zero-order valence-corrected chi connectivity index (χ0v) is 9.80. The smallest absolute Gasteiger partial charge is 0.236 e. The normalized spacial score (nSPS) is 12.2. The summed E-state index contributed by atoms with van der Waals surface area (Å²) in [6.07, 6.45) is 0. The van der Waals surface area contributed by atoms with Gasteiger partial charge in [0.05, 0.1) is 6.04 Å². The van der Waals surface area contributed by atoms with E-state index in [1.807, 2.05) is 6.92 Å². The fraction of sp³-hybridized carbons (Fsp3) is 0.417. The minimum atomic E-state index is -0.329. The third-order valence-corrected chi connectivity index (χ3v) is 2.44. The molecule has 0 aliphatic carbocycles. The predicted octanol–water partition coefficient (Wildman–Crippen LogP) is 1.36. The molecule has 0 aromatic heterocycles. The van der Waals surface area contributed by atoms with Gasteiger partial charge in [0, 0.05) is 19.2 Å². The highest BCUT2D eigenvalue weighted by atomic mass is 19.1. The van der Waals surface area contributed by atoms with Crippen molar-refractivity contribution in [2.45, 2.75) is 26.4 Å². The number of carbonyl (C=O) groups is 1. The van der Waals surface area contributed by atoms with Gasteiger partial charge >= 0.3 is 0 Å². The minimum Gasteiger partial charge on any atom is -0.358 e. The molecular weight excluding hydrogens is 207 g/mol. The Kier molecular flexibility index (Phi) is 4.43. The van der Waals surface area contributed by atoms with Gasteiger partial charge in [0.2, 0.25) is 5.91 Å². The zero-order chi connectivity index (χ0) is 12.1. The van der Waals surface area contributed by atoms with Crippen LogP contribution in [0.25, 0.3) is 0 Å². The molecule has 1 amide bonds. The number of halogens is 1. The molecule has 1 aromatic carbocycles. The van der Waals surface area contributed by atoms with E-state index in [4.69, 9.17) is 0 Å². The first-order valence-corrected chi connectivity index (χ1v) is 5.24. The topological polar surface area (TPSA) is 41.1 Å². The van der Waals surface area contributed by atoms with Crippen LogP contribution in [0.15, 0.2) is 18.2 Å². The SMILES string of the molecule is CNC(=O)[C@@H](C)NCc1cc(C)ccc1F. The average molecular weight is 224 g/mol. The summed E-state index contributed by atoms with van der Waals surface area (Å²) in [6.45, 7) is 4.00. The van der Waals surface area contributed by atoms with Crippen LogP contribution in [-0.4, -0.2) is 19.0 Å².